The standard InChI is InChI=1S/C26H30N4O5S/c1-18(24(31)27-16-19-7-8-22-23(15-19)35-17-34-22)36-26-28-21-6-3-2-5-20(21)25(32)30(26)10-4-9-29-11-13-33-14-12-29/h2-3,5-8,15,18H,4,9-14,16-17H2,1H3,(H,27,31)/t18-/m0/s1. The number of rotatable bonds is 9. The lowest BCUT2D eigenvalue weighted by atomic mass is 10.2. The number of morpholine rings is 1. The van der Waals surface area contributed by atoms with Crippen LogP contribution >= 0.6 is 11.8 Å². The van der Waals surface area contributed by atoms with Crippen molar-refractivity contribution in [2.75, 3.05) is 39.6 Å². The molecule has 2 aliphatic heterocycles. The molecule has 3 aromatic rings. The number of amides is 1. The highest BCUT2D eigenvalue weighted by atomic mass is 32.2. The van der Waals surface area contributed by atoms with Gasteiger partial charge in [-0.05, 0) is 43.2 Å². The zero-order chi connectivity index (χ0) is 24.9. The topological polar surface area (TPSA) is 94.9 Å². The second kappa shape index (κ2) is 11.3. The van der Waals surface area contributed by atoms with Gasteiger partial charge >= 0.3 is 0 Å². The minimum absolute atomic E-state index is 0.0713. The highest BCUT2D eigenvalue weighted by Gasteiger charge is 2.20. The largest absolute Gasteiger partial charge is 0.454 e. The summed E-state index contributed by atoms with van der Waals surface area (Å²) in [5.41, 5.74) is 1.49. The Bertz CT molecular complexity index is 1290. The normalized spacial score (nSPS) is 16.2. The average Bonchev–Trinajstić information content (AvgIpc) is 3.37. The molecule has 0 radical (unpaired) electrons. The van der Waals surface area contributed by atoms with Gasteiger partial charge in [0.1, 0.15) is 0 Å². The number of nitrogens with zero attached hydrogens (tertiary/aromatic N) is 3. The van der Waals surface area contributed by atoms with Crippen molar-refractivity contribution in [2.45, 2.75) is 36.8 Å². The van der Waals surface area contributed by atoms with Crippen LogP contribution in [0.15, 0.2) is 52.4 Å². The minimum atomic E-state index is -0.433. The summed E-state index contributed by atoms with van der Waals surface area (Å²) in [6.07, 6.45) is 0.818. The molecule has 10 heteroatoms. The third kappa shape index (κ3) is 5.66. The number of carbonyl (C=O) groups excluding carboxylic acids is 1. The van der Waals surface area contributed by atoms with E-state index in [1.807, 2.05) is 43.3 Å². The van der Waals surface area contributed by atoms with Gasteiger partial charge in [0.2, 0.25) is 12.7 Å². The van der Waals surface area contributed by atoms with Crippen molar-refractivity contribution >= 4 is 28.6 Å². The molecule has 1 saturated heterocycles. The number of carbonyl (C=O) groups is 1. The maximum absolute atomic E-state index is 13.3. The van der Waals surface area contributed by atoms with Crippen molar-refractivity contribution < 1.29 is 19.0 Å². The van der Waals surface area contributed by atoms with Crippen LogP contribution in [0.1, 0.15) is 18.9 Å². The van der Waals surface area contributed by atoms with Gasteiger partial charge in [-0.1, -0.05) is 30.0 Å². The lowest BCUT2D eigenvalue weighted by Crippen LogP contribution is -2.37. The van der Waals surface area contributed by atoms with Crippen LogP contribution < -0.4 is 20.3 Å². The fourth-order valence-corrected chi connectivity index (χ4v) is 5.27. The summed E-state index contributed by atoms with van der Waals surface area (Å²) in [6.45, 7) is 7.16. The van der Waals surface area contributed by atoms with Gasteiger partial charge in [-0.25, -0.2) is 4.98 Å². The number of hydrogen-bond acceptors (Lipinski definition) is 8. The zero-order valence-electron chi connectivity index (χ0n) is 20.3. The van der Waals surface area contributed by atoms with Crippen LogP contribution in [0.25, 0.3) is 10.9 Å². The Balaban J connectivity index is 1.27. The number of thioether (sulfide) groups is 1. The molecule has 9 nitrogen and oxygen atoms in total. The van der Waals surface area contributed by atoms with Crippen LogP contribution in [-0.4, -0.2) is 65.2 Å². The number of ether oxygens (including phenoxy) is 3. The van der Waals surface area contributed by atoms with Crippen LogP contribution in [0.3, 0.4) is 0 Å². The third-order valence-corrected chi connectivity index (χ3v) is 7.43. The van der Waals surface area contributed by atoms with E-state index >= 15 is 0 Å². The summed E-state index contributed by atoms with van der Waals surface area (Å²) in [4.78, 5) is 33.4. The van der Waals surface area contributed by atoms with Crippen LogP contribution in [-0.2, 0) is 22.6 Å². The number of nitrogens with one attached hydrogen (secondary N) is 1. The van der Waals surface area contributed by atoms with E-state index in [4.69, 9.17) is 19.2 Å². The Morgan fingerprint density at radius 3 is 2.78 bits per heavy atom. The number of benzene rings is 2. The number of aromatic nitrogens is 2. The summed E-state index contributed by atoms with van der Waals surface area (Å²) in [6, 6.07) is 13.0. The maximum atomic E-state index is 13.3. The maximum Gasteiger partial charge on any atom is 0.262 e. The third-order valence-electron chi connectivity index (χ3n) is 6.34. The lowest BCUT2D eigenvalue weighted by molar-refractivity contribution is -0.120. The van der Waals surface area contributed by atoms with E-state index in [0.717, 1.165) is 44.8 Å². The molecule has 0 bridgehead atoms. The lowest BCUT2D eigenvalue weighted by Gasteiger charge is -2.26. The molecule has 2 aromatic carbocycles. The first-order valence-corrected chi connectivity index (χ1v) is 13.1. The minimum Gasteiger partial charge on any atom is -0.454 e. The molecule has 1 amide bonds. The second-order valence-electron chi connectivity index (χ2n) is 8.84. The number of hydrogen-bond donors (Lipinski definition) is 1. The molecule has 1 N–H and O–H groups in total. The number of fused-ring (bicyclic) bond motifs is 2. The molecule has 0 spiro atoms. The Labute approximate surface area is 213 Å². The molecule has 36 heavy (non-hydrogen) atoms. The predicted molar refractivity (Wildman–Crippen MR) is 138 cm³/mol. The quantitative estimate of drug-likeness (QED) is 0.347. The SMILES string of the molecule is C[C@H](Sc1nc2ccccc2c(=O)n1CCCN1CCOCC1)C(=O)NCc1ccc2c(c1)OCO2. The second-order valence-corrected chi connectivity index (χ2v) is 10.1. The van der Waals surface area contributed by atoms with Crippen molar-refractivity contribution in [2.24, 2.45) is 0 Å². The van der Waals surface area contributed by atoms with Crippen molar-refractivity contribution in [3.8, 4) is 11.5 Å². The predicted octanol–water partition coefficient (Wildman–Crippen LogP) is 2.64. The van der Waals surface area contributed by atoms with E-state index in [1.54, 1.807) is 10.6 Å². The van der Waals surface area contributed by atoms with Crippen LogP contribution in [0.2, 0.25) is 0 Å². The smallest absolute Gasteiger partial charge is 0.262 e. The van der Waals surface area contributed by atoms with Gasteiger partial charge in [0.25, 0.3) is 5.56 Å². The van der Waals surface area contributed by atoms with Gasteiger partial charge in [-0.2, -0.15) is 0 Å². The Morgan fingerprint density at radius 1 is 1.11 bits per heavy atom. The van der Waals surface area contributed by atoms with Gasteiger partial charge in [-0.3, -0.25) is 19.1 Å². The molecular weight excluding hydrogens is 480 g/mol. The van der Waals surface area contributed by atoms with Gasteiger partial charge in [0.05, 0.1) is 29.4 Å². The van der Waals surface area contributed by atoms with Gasteiger partial charge in [0.15, 0.2) is 16.7 Å². The van der Waals surface area contributed by atoms with Gasteiger partial charge in [0, 0.05) is 32.7 Å². The number of para-hydroxylation sites is 1. The van der Waals surface area contributed by atoms with E-state index in [1.165, 1.54) is 11.8 Å². The fraction of sp³-hybridized carbons (Fsp3) is 0.423. The van der Waals surface area contributed by atoms with Gasteiger partial charge in [-0.15, -0.1) is 0 Å². The van der Waals surface area contributed by atoms with E-state index in [9.17, 15) is 9.59 Å². The van der Waals surface area contributed by atoms with Crippen molar-refractivity contribution in [1.82, 2.24) is 19.8 Å². The van der Waals surface area contributed by atoms with E-state index in [0.29, 0.717) is 40.6 Å². The molecule has 1 aromatic heterocycles. The first-order valence-electron chi connectivity index (χ1n) is 12.2. The molecule has 5 rings (SSSR count). The fourth-order valence-electron chi connectivity index (χ4n) is 4.31. The summed E-state index contributed by atoms with van der Waals surface area (Å²) < 4.78 is 17.9. The van der Waals surface area contributed by atoms with E-state index in [2.05, 4.69) is 10.2 Å². The van der Waals surface area contributed by atoms with Crippen molar-refractivity contribution in [3.05, 3.63) is 58.4 Å². The molecule has 1 fully saturated rings. The first kappa shape index (κ1) is 24.6. The first-order chi connectivity index (χ1) is 17.6. The summed E-state index contributed by atoms with van der Waals surface area (Å²) >= 11 is 1.31. The van der Waals surface area contributed by atoms with Gasteiger partial charge < -0.3 is 19.5 Å². The molecular formula is C26H30N4O5S. The van der Waals surface area contributed by atoms with Crippen LogP contribution in [0, 0.1) is 0 Å². The summed E-state index contributed by atoms with van der Waals surface area (Å²) in [7, 11) is 0. The zero-order valence-corrected chi connectivity index (χ0v) is 21.1. The van der Waals surface area contributed by atoms with Crippen molar-refractivity contribution in [3.63, 3.8) is 0 Å². The summed E-state index contributed by atoms with van der Waals surface area (Å²) in [5, 5.41) is 3.70. The molecule has 190 valence electrons. The molecule has 0 saturated carbocycles. The molecule has 3 heterocycles. The van der Waals surface area contributed by atoms with E-state index in [-0.39, 0.29) is 18.3 Å². The Morgan fingerprint density at radius 2 is 1.92 bits per heavy atom. The Hall–Kier alpha value is -3.08. The average molecular weight is 511 g/mol. The monoisotopic (exact) mass is 510 g/mol. The molecule has 1 atom stereocenters. The molecule has 0 unspecified atom stereocenters. The Kier molecular flexibility index (Phi) is 7.74. The van der Waals surface area contributed by atoms with Crippen LogP contribution in [0.4, 0.5) is 0 Å². The van der Waals surface area contributed by atoms with Crippen molar-refractivity contribution in [1.29, 1.82) is 0 Å². The summed E-state index contributed by atoms with van der Waals surface area (Å²) in [5.74, 6) is 1.27. The highest BCUT2D eigenvalue weighted by Crippen LogP contribution is 2.32. The van der Waals surface area contributed by atoms with E-state index < -0.39 is 5.25 Å². The molecule has 2 aliphatic rings. The molecule has 0 aliphatic carbocycles. The highest BCUT2D eigenvalue weighted by molar-refractivity contribution is 8.00. The van der Waals surface area contributed by atoms with Crippen LogP contribution in [0.5, 0.6) is 11.5 Å².